The smallest absolute Gasteiger partial charge is 0.313 e. The second-order valence-corrected chi connectivity index (χ2v) is 6.73. The lowest BCUT2D eigenvalue weighted by molar-refractivity contribution is -0.143. The number of carbonyl (C=O) groups excluding carboxylic acids is 2. The normalized spacial score (nSPS) is 14.1. The molecule has 5 nitrogen and oxygen atoms in total. The number of nitrogens with one attached hydrogen (secondary N) is 1. The molecule has 2 aromatic rings. The molecule has 5 heteroatoms. The van der Waals surface area contributed by atoms with Crippen LogP contribution in [0.5, 0.6) is 0 Å². The molecule has 1 N–H and O–H groups in total. The SMILES string of the molecule is CCc1cccc(CC)c1NC(=O)C(=O)N1CCN(c2ccccc2)CC1. The van der Waals surface area contributed by atoms with Crippen LogP contribution in [-0.4, -0.2) is 42.9 Å². The lowest BCUT2D eigenvalue weighted by atomic mass is 10.0. The number of hydrogen-bond donors (Lipinski definition) is 1. The minimum atomic E-state index is -0.543. The van der Waals surface area contributed by atoms with Crippen LogP contribution in [0.4, 0.5) is 11.4 Å². The van der Waals surface area contributed by atoms with Crippen LogP contribution in [0.1, 0.15) is 25.0 Å². The fourth-order valence-corrected chi connectivity index (χ4v) is 3.52. The lowest BCUT2D eigenvalue weighted by Gasteiger charge is -2.35. The maximum Gasteiger partial charge on any atom is 0.313 e. The van der Waals surface area contributed by atoms with Crippen molar-refractivity contribution in [2.24, 2.45) is 0 Å². The molecular weight excluding hydrogens is 338 g/mol. The van der Waals surface area contributed by atoms with Gasteiger partial charge in [0.05, 0.1) is 0 Å². The quantitative estimate of drug-likeness (QED) is 0.847. The Morgan fingerprint density at radius 3 is 2.00 bits per heavy atom. The Morgan fingerprint density at radius 2 is 1.44 bits per heavy atom. The summed E-state index contributed by atoms with van der Waals surface area (Å²) in [6, 6.07) is 16.1. The zero-order chi connectivity index (χ0) is 19.2. The van der Waals surface area contributed by atoms with Crippen molar-refractivity contribution in [2.75, 3.05) is 36.4 Å². The number of rotatable bonds is 4. The van der Waals surface area contributed by atoms with E-state index in [-0.39, 0.29) is 0 Å². The molecule has 3 rings (SSSR count). The molecule has 1 heterocycles. The summed E-state index contributed by atoms with van der Waals surface area (Å²) >= 11 is 0. The first-order chi connectivity index (χ1) is 13.1. The summed E-state index contributed by atoms with van der Waals surface area (Å²) in [4.78, 5) is 29.1. The van der Waals surface area contributed by atoms with Gasteiger partial charge in [-0.25, -0.2) is 0 Å². The third-order valence-corrected chi connectivity index (χ3v) is 5.12. The minimum absolute atomic E-state index is 0.448. The number of nitrogens with zero attached hydrogens (tertiary/aromatic N) is 2. The van der Waals surface area contributed by atoms with Gasteiger partial charge < -0.3 is 15.1 Å². The average molecular weight is 365 g/mol. The van der Waals surface area contributed by atoms with E-state index in [2.05, 4.69) is 36.2 Å². The second kappa shape index (κ2) is 8.71. The molecule has 1 saturated heterocycles. The molecule has 0 aromatic heterocycles. The first-order valence-corrected chi connectivity index (χ1v) is 9.65. The fourth-order valence-electron chi connectivity index (χ4n) is 3.52. The van der Waals surface area contributed by atoms with Crippen LogP contribution in [0.15, 0.2) is 48.5 Å². The highest BCUT2D eigenvalue weighted by atomic mass is 16.2. The highest BCUT2D eigenvalue weighted by Gasteiger charge is 2.27. The predicted molar refractivity (Wildman–Crippen MR) is 109 cm³/mol. The molecule has 1 aliphatic heterocycles. The number of aryl methyl sites for hydroxylation is 2. The van der Waals surface area contributed by atoms with E-state index in [0.717, 1.165) is 48.4 Å². The Balaban J connectivity index is 1.63. The Morgan fingerprint density at radius 1 is 0.852 bits per heavy atom. The molecule has 2 amide bonds. The summed E-state index contributed by atoms with van der Waals surface area (Å²) < 4.78 is 0. The molecular formula is C22H27N3O2. The third-order valence-electron chi connectivity index (χ3n) is 5.12. The van der Waals surface area contributed by atoms with E-state index in [1.165, 1.54) is 0 Å². The third kappa shape index (κ3) is 4.30. The number of carbonyl (C=O) groups is 2. The number of para-hydroxylation sites is 2. The monoisotopic (exact) mass is 365 g/mol. The summed E-state index contributed by atoms with van der Waals surface area (Å²) in [7, 11) is 0. The molecule has 0 radical (unpaired) electrons. The van der Waals surface area contributed by atoms with Gasteiger partial charge in [-0.05, 0) is 36.1 Å². The molecule has 0 saturated carbocycles. The van der Waals surface area contributed by atoms with E-state index in [0.29, 0.717) is 13.1 Å². The highest BCUT2D eigenvalue weighted by Crippen LogP contribution is 2.23. The van der Waals surface area contributed by atoms with Gasteiger partial charge >= 0.3 is 11.8 Å². The van der Waals surface area contributed by atoms with Gasteiger partial charge in [0, 0.05) is 37.6 Å². The molecule has 0 aliphatic carbocycles. The minimum Gasteiger partial charge on any atom is -0.368 e. The van der Waals surface area contributed by atoms with Crippen molar-refractivity contribution in [1.82, 2.24) is 4.90 Å². The Labute approximate surface area is 161 Å². The predicted octanol–water partition coefficient (Wildman–Crippen LogP) is 3.10. The van der Waals surface area contributed by atoms with Gasteiger partial charge in [0.15, 0.2) is 0 Å². The van der Waals surface area contributed by atoms with E-state index in [1.807, 2.05) is 36.4 Å². The van der Waals surface area contributed by atoms with E-state index in [4.69, 9.17) is 0 Å². The van der Waals surface area contributed by atoms with Crippen molar-refractivity contribution in [3.8, 4) is 0 Å². The van der Waals surface area contributed by atoms with Crippen LogP contribution >= 0.6 is 0 Å². The first-order valence-electron chi connectivity index (χ1n) is 9.65. The molecule has 2 aromatic carbocycles. The highest BCUT2D eigenvalue weighted by molar-refractivity contribution is 6.39. The molecule has 1 aliphatic rings. The fraction of sp³-hybridized carbons (Fsp3) is 0.364. The molecule has 0 unspecified atom stereocenters. The van der Waals surface area contributed by atoms with E-state index >= 15 is 0 Å². The van der Waals surface area contributed by atoms with Gasteiger partial charge in [0.1, 0.15) is 0 Å². The molecule has 27 heavy (non-hydrogen) atoms. The van der Waals surface area contributed by atoms with Crippen LogP contribution in [-0.2, 0) is 22.4 Å². The van der Waals surface area contributed by atoms with E-state index in [9.17, 15) is 9.59 Å². The van der Waals surface area contributed by atoms with Crippen molar-refractivity contribution in [2.45, 2.75) is 26.7 Å². The van der Waals surface area contributed by atoms with Gasteiger partial charge in [-0.15, -0.1) is 0 Å². The van der Waals surface area contributed by atoms with Crippen molar-refractivity contribution in [3.05, 3.63) is 59.7 Å². The van der Waals surface area contributed by atoms with Gasteiger partial charge in [0.25, 0.3) is 0 Å². The van der Waals surface area contributed by atoms with Gasteiger partial charge in [-0.2, -0.15) is 0 Å². The van der Waals surface area contributed by atoms with Gasteiger partial charge in [0.2, 0.25) is 0 Å². The van der Waals surface area contributed by atoms with Crippen molar-refractivity contribution < 1.29 is 9.59 Å². The van der Waals surface area contributed by atoms with Crippen molar-refractivity contribution in [1.29, 1.82) is 0 Å². The summed E-state index contributed by atoms with van der Waals surface area (Å²) in [5, 5.41) is 2.88. The summed E-state index contributed by atoms with van der Waals surface area (Å²) in [6.45, 7) is 6.67. The van der Waals surface area contributed by atoms with Gasteiger partial charge in [-0.1, -0.05) is 50.2 Å². The molecule has 142 valence electrons. The van der Waals surface area contributed by atoms with Gasteiger partial charge in [-0.3, -0.25) is 9.59 Å². The average Bonchev–Trinajstić information content (AvgIpc) is 2.74. The van der Waals surface area contributed by atoms with E-state index in [1.54, 1.807) is 4.90 Å². The summed E-state index contributed by atoms with van der Waals surface area (Å²) in [5.41, 5.74) is 4.07. The summed E-state index contributed by atoms with van der Waals surface area (Å²) in [6.07, 6.45) is 1.63. The van der Waals surface area contributed by atoms with Crippen molar-refractivity contribution in [3.63, 3.8) is 0 Å². The molecule has 0 atom stereocenters. The van der Waals surface area contributed by atoms with Crippen LogP contribution in [0.2, 0.25) is 0 Å². The second-order valence-electron chi connectivity index (χ2n) is 6.73. The van der Waals surface area contributed by atoms with Crippen LogP contribution in [0.3, 0.4) is 0 Å². The van der Waals surface area contributed by atoms with E-state index < -0.39 is 11.8 Å². The largest absolute Gasteiger partial charge is 0.368 e. The molecule has 0 bridgehead atoms. The van der Waals surface area contributed by atoms with Crippen LogP contribution in [0, 0.1) is 0 Å². The Kier molecular flexibility index (Phi) is 6.12. The topological polar surface area (TPSA) is 52.7 Å². The van der Waals surface area contributed by atoms with Crippen LogP contribution < -0.4 is 10.2 Å². The Bertz CT molecular complexity index is 774. The van der Waals surface area contributed by atoms with Crippen LogP contribution in [0.25, 0.3) is 0 Å². The number of hydrogen-bond acceptors (Lipinski definition) is 3. The number of anilines is 2. The lowest BCUT2D eigenvalue weighted by Crippen LogP contribution is -2.51. The number of benzene rings is 2. The number of amides is 2. The maximum atomic E-state index is 12.6. The van der Waals surface area contributed by atoms with Crippen molar-refractivity contribution >= 4 is 23.2 Å². The zero-order valence-corrected chi connectivity index (χ0v) is 16.1. The summed E-state index contributed by atoms with van der Waals surface area (Å²) in [5.74, 6) is -0.991. The Hall–Kier alpha value is -2.82. The molecule has 0 spiro atoms. The number of piperazine rings is 1. The standard InChI is InChI=1S/C22H27N3O2/c1-3-17-9-8-10-18(4-2)20(17)23-21(26)22(27)25-15-13-24(14-16-25)19-11-6-5-7-12-19/h5-12H,3-4,13-16H2,1-2H3,(H,23,26). The zero-order valence-electron chi connectivity index (χ0n) is 16.1. The first kappa shape index (κ1) is 19.0. The molecule has 1 fully saturated rings. The maximum absolute atomic E-state index is 12.6.